The molecule has 4 heteroatoms. The van der Waals surface area contributed by atoms with Gasteiger partial charge in [0.1, 0.15) is 0 Å². The number of nitrogens with zero attached hydrogens (tertiary/aromatic N) is 1. The number of thiazole rings is 1. The van der Waals surface area contributed by atoms with Crippen LogP contribution < -0.4 is 5.32 Å². The largest absolute Gasteiger partial charge is 0.380 e. The third kappa shape index (κ3) is 5.46. The maximum atomic E-state index is 5.59. The lowest BCUT2D eigenvalue weighted by Gasteiger charge is -2.13. The summed E-state index contributed by atoms with van der Waals surface area (Å²) in [5.41, 5.74) is 1.18. The summed E-state index contributed by atoms with van der Waals surface area (Å²) in [6, 6.07) is 0.309. The summed E-state index contributed by atoms with van der Waals surface area (Å²) >= 11 is 1.77. The highest BCUT2D eigenvalue weighted by molar-refractivity contribution is 7.11. The van der Waals surface area contributed by atoms with Gasteiger partial charge in [-0.1, -0.05) is 13.8 Å². The minimum atomic E-state index is 0.309. The van der Waals surface area contributed by atoms with Crippen LogP contribution in [-0.4, -0.2) is 24.7 Å². The summed E-state index contributed by atoms with van der Waals surface area (Å²) in [5, 5.41) is 4.60. The van der Waals surface area contributed by atoms with Gasteiger partial charge in [0.2, 0.25) is 0 Å². The van der Waals surface area contributed by atoms with Gasteiger partial charge in [0.15, 0.2) is 0 Å². The number of hydrogen-bond acceptors (Lipinski definition) is 4. The Morgan fingerprint density at radius 3 is 2.50 bits per heavy atom. The molecule has 1 heterocycles. The van der Waals surface area contributed by atoms with Gasteiger partial charge in [-0.05, 0) is 33.1 Å². The monoisotopic (exact) mass is 270 g/mol. The molecular formula is C14H26N2OS. The fourth-order valence-corrected chi connectivity index (χ4v) is 2.73. The molecule has 0 saturated heterocycles. The van der Waals surface area contributed by atoms with E-state index in [4.69, 9.17) is 4.74 Å². The first kappa shape index (κ1) is 15.6. The lowest BCUT2D eigenvalue weighted by molar-refractivity contribution is 0.123. The molecule has 0 aromatic carbocycles. The summed E-state index contributed by atoms with van der Waals surface area (Å²) < 4.78 is 5.59. The fourth-order valence-electron chi connectivity index (χ4n) is 1.81. The Balaban J connectivity index is 2.17. The van der Waals surface area contributed by atoms with E-state index in [1.54, 1.807) is 11.3 Å². The van der Waals surface area contributed by atoms with Crippen LogP contribution >= 0.6 is 11.3 Å². The molecule has 0 aliphatic heterocycles. The van der Waals surface area contributed by atoms with Crippen molar-refractivity contribution in [1.82, 2.24) is 10.3 Å². The van der Waals surface area contributed by atoms with E-state index in [2.05, 4.69) is 44.9 Å². The van der Waals surface area contributed by atoms with Crippen LogP contribution in [0.3, 0.4) is 0 Å². The summed E-state index contributed by atoms with van der Waals surface area (Å²) in [6.45, 7) is 13.3. The minimum Gasteiger partial charge on any atom is -0.380 e. The number of aryl methyl sites for hydroxylation is 2. The van der Waals surface area contributed by atoms with Gasteiger partial charge >= 0.3 is 0 Å². The first-order valence-electron chi connectivity index (χ1n) is 6.75. The molecule has 1 rings (SSSR count). The molecular weight excluding hydrogens is 244 g/mol. The fraction of sp³-hybridized carbons (Fsp3) is 0.786. The highest BCUT2D eigenvalue weighted by atomic mass is 32.1. The molecule has 0 aliphatic rings. The molecule has 1 aromatic heterocycles. The standard InChI is InChI=1S/C14H26N2OS/c1-10(2)6-8-17-9-7-15-11(3)14-12(4)18-13(5)16-14/h10-11,15H,6-9H2,1-5H3. The van der Waals surface area contributed by atoms with E-state index < -0.39 is 0 Å². The van der Waals surface area contributed by atoms with E-state index in [1.165, 1.54) is 10.6 Å². The van der Waals surface area contributed by atoms with Gasteiger partial charge in [0.05, 0.1) is 17.3 Å². The van der Waals surface area contributed by atoms with Gasteiger partial charge in [-0.3, -0.25) is 0 Å². The quantitative estimate of drug-likeness (QED) is 0.734. The Bertz CT molecular complexity index is 350. The number of nitrogens with one attached hydrogen (secondary N) is 1. The van der Waals surface area contributed by atoms with Crippen molar-refractivity contribution >= 4 is 11.3 Å². The summed E-state index contributed by atoms with van der Waals surface area (Å²) in [7, 11) is 0. The third-order valence-corrected chi connectivity index (χ3v) is 3.79. The van der Waals surface area contributed by atoms with E-state index >= 15 is 0 Å². The molecule has 0 amide bonds. The van der Waals surface area contributed by atoms with Crippen molar-refractivity contribution in [3.05, 3.63) is 15.6 Å². The molecule has 0 radical (unpaired) electrons. The maximum absolute atomic E-state index is 5.59. The van der Waals surface area contributed by atoms with E-state index in [9.17, 15) is 0 Å². The lowest BCUT2D eigenvalue weighted by atomic mass is 10.1. The SMILES string of the molecule is Cc1nc(C(C)NCCOCCC(C)C)c(C)s1. The highest BCUT2D eigenvalue weighted by Gasteiger charge is 2.11. The maximum Gasteiger partial charge on any atom is 0.0900 e. The summed E-state index contributed by atoms with van der Waals surface area (Å²) in [6.07, 6.45) is 1.14. The minimum absolute atomic E-state index is 0.309. The van der Waals surface area contributed by atoms with Gasteiger partial charge in [-0.15, -0.1) is 11.3 Å². The molecule has 0 aliphatic carbocycles. The van der Waals surface area contributed by atoms with E-state index in [0.717, 1.165) is 37.1 Å². The Morgan fingerprint density at radius 1 is 1.22 bits per heavy atom. The first-order valence-corrected chi connectivity index (χ1v) is 7.57. The molecule has 1 unspecified atom stereocenters. The van der Waals surface area contributed by atoms with E-state index in [-0.39, 0.29) is 0 Å². The molecule has 0 saturated carbocycles. The molecule has 18 heavy (non-hydrogen) atoms. The smallest absolute Gasteiger partial charge is 0.0900 e. The number of aromatic nitrogens is 1. The van der Waals surface area contributed by atoms with Gasteiger partial charge in [0, 0.05) is 24.1 Å². The zero-order valence-corrected chi connectivity index (χ0v) is 13.1. The van der Waals surface area contributed by atoms with Gasteiger partial charge in [-0.25, -0.2) is 4.98 Å². The Kier molecular flexibility index (Phi) is 6.82. The van der Waals surface area contributed by atoms with Crippen molar-refractivity contribution in [1.29, 1.82) is 0 Å². The summed E-state index contributed by atoms with van der Waals surface area (Å²) in [4.78, 5) is 5.88. The lowest BCUT2D eigenvalue weighted by Crippen LogP contribution is -2.24. The van der Waals surface area contributed by atoms with Crippen molar-refractivity contribution in [3.8, 4) is 0 Å². The predicted octanol–water partition coefficient (Wildman–Crippen LogP) is 3.47. The van der Waals surface area contributed by atoms with Crippen molar-refractivity contribution in [2.75, 3.05) is 19.8 Å². The topological polar surface area (TPSA) is 34.2 Å². The van der Waals surface area contributed by atoms with Crippen LogP contribution in [-0.2, 0) is 4.74 Å². The number of ether oxygens (including phenoxy) is 1. The van der Waals surface area contributed by atoms with Crippen LogP contribution in [0.2, 0.25) is 0 Å². The van der Waals surface area contributed by atoms with Crippen LogP contribution in [0.15, 0.2) is 0 Å². The van der Waals surface area contributed by atoms with Gasteiger partial charge < -0.3 is 10.1 Å². The van der Waals surface area contributed by atoms with Crippen LogP contribution in [0.4, 0.5) is 0 Å². The second kappa shape index (κ2) is 7.87. The van der Waals surface area contributed by atoms with Crippen molar-refractivity contribution < 1.29 is 4.74 Å². The van der Waals surface area contributed by atoms with Crippen molar-refractivity contribution in [2.45, 2.75) is 47.1 Å². The number of hydrogen-bond donors (Lipinski definition) is 1. The second-order valence-corrected chi connectivity index (χ2v) is 6.55. The molecule has 1 aromatic rings. The average molecular weight is 270 g/mol. The van der Waals surface area contributed by atoms with Gasteiger partial charge in [0.25, 0.3) is 0 Å². The molecule has 1 atom stereocenters. The van der Waals surface area contributed by atoms with Crippen molar-refractivity contribution in [3.63, 3.8) is 0 Å². The normalized spacial score (nSPS) is 13.2. The van der Waals surface area contributed by atoms with Crippen LogP contribution in [0, 0.1) is 19.8 Å². The molecule has 104 valence electrons. The van der Waals surface area contributed by atoms with Crippen LogP contribution in [0.5, 0.6) is 0 Å². The molecule has 0 spiro atoms. The average Bonchev–Trinajstić information content (AvgIpc) is 2.62. The Morgan fingerprint density at radius 2 is 1.94 bits per heavy atom. The Labute approximate surface area is 115 Å². The molecule has 0 bridgehead atoms. The van der Waals surface area contributed by atoms with Crippen molar-refractivity contribution in [2.24, 2.45) is 5.92 Å². The first-order chi connectivity index (χ1) is 8.50. The molecule has 3 nitrogen and oxygen atoms in total. The van der Waals surface area contributed by atoms with E-state index in [1.807, 2.05) is 0 Å². The van der Waals surface area contributed by atoms with Gasteiger partial charge in [-0.2, -0.15) is 0 Å². The summed E-state index contributed by atoms with van der Waals surface area (Å²) in [5.74, 6) is 0.720. The van der Waals surface area contributed by atoms with E-state index in [0.29, 0.717) is 6.04 Å². The zero-order valence-electron chi connectivity index (χ0n) is 12.2. The molecule has 1 N–H and O–H groups in total. The molecule has 0 fully saturated rings. The Hall–Kier alpha value is -0.450. The number of rotatable bonds is 8. The zero-order chi connectivity index (χ0) is 13.5. The third-order valence-electron chi connectivity index (χ3n) is 2.89. The highest BCUT2D eigenvalue weighted by Crippen LogP contribution is 2.22. The van der Waals surface area contributed by atoms with Crippen LogP contribution in [0.1, 0.15) is 48.8 Å². The second-order valence-electron chi connectivity index (χ2n) is 5.15. The van der Waals surface area contributed by atoms with Crippen LogP contribution in [0.25, 0.3) is 0 Å². The predicted molar refractivity (Wildman–Crippen MR) is 78.3 cm³/mol.